The molecular formula is C18H16N2O2. The van der Waals surface area contributed by atoms with Gasteiger partial charge in [0, 0.05) is 28.8 Å². The van der Waals surface area contributed by atoms with E-state index in [4.69, 9.17) is 0 Å². The zero-order valence-corrected chi connectivity index (χ0v) is 11.8. The van der Waals surface area contributed by atoms with E-state index < -0.39 is 0 Å². The van der Waals surface area contributed by atoms with Crippen LogP contribution in [0.25, 0.3) is 0 Å². The average molecular weight is 292 g/mol. The van der Waals surface area contributed by atoms with Gasteiger partial charge in [0.1, 0.15) is 11.5 Å². The molecule has 0 fully saturated rings. The van der Waals surface area contributed by atoms with Gasteiger partial charge in [0.05, 0.1) is 0 Å². The molecule has 0 amide bonds. The molecule has 0 bridgehead atoms. The van der Waals surface area contributed by atoms with Crippen LogP contribution in [0.5, 0.6) is 11.5 Å². The Labute approximate surface area is 128 Å². The summed E-state index contributed by atoms with van der Waals surface area (Å²) in [5, 5.41) is 25.2. The van der Waals surface area contributed by atoms with Gasteiger partial charge in [-0.05, 0) is 60.7 Å². The maximum Gasteiger partial charge on any atom is 0.117 e. The second kappa shape index (κ2) is 6.10. The van der Waals surface area contributed by atoms with Gasteiger partial charge in [0.15, 0.2) is 0 Å². The predicted octanol–water partition coefficient (Wildman–Crippen LogP) is 4.59. The van der Waals surface area contributed by atoms with Gasteiger partial charge in [0.2, 0.25) is 0 Å². The van der Waals surface area contributed by atoms with Gasteiger partial charge in [-0.2, -0.15) is 0 Å². The number of phenols is 2. The molecule has 0 spiro atoms. The van der Waals surface area contributed by atoms with Crippen LogP contribution < -0.4 is 10.6 Å². The van der Waals surface area contributed by atoms with Crippen molar-refractivity contribution in [3.05, 3.63) is 72.8 Å². The lowest BCUT2D eigenvalue weighted by Gasteiger charge is -2.09. The highest BCUT2D eigenvalue weighted by Gasteiger charge is 1.98. The summed E-state index contributed by atoms with van der Waals surface area (Å²) in [6, 6.07) is 21.7. The molecule has 0 saturated carbocycles. The van der Waals surface area contributed by atoms with E-state index >= 15 is 0 Å². The summed E-state index contributed by atoms with van der Waals surface area (Å²) < 4.78 is 0. The van der Waals surface area contributed by atoms with E-state index in [-0.39, 0.29) is 11.5 Å². The minimum atomic E-state index is 0.232. The minimum absolute atomic E-state index is 0.232. The third-order valence-electron chi connectivity index (χ3n) is 3.18. The van der Waals surface area contributed by atoms with E-state index in [1.165, 1.54) is 0 Å². The lowest BCUT2D eigenvalue weighted by Crippen LogP contribution is -1.92. The van der Waals surface area contributed by atoms with Crippen molar-refractivity contribution in [3.8, 4) is 11.5 Å². The molecular weight excluding hydrogens is 276 g/mol. The van der Waals surface area contributed by atoms with Crippen molar-refractivity contribution in [1.82, 2.24) is 0 Å². The zero-order valence-electron chi connectivity index (χ0n) is 11.8. The van der Waals surface area contributed by atoms with Gasteiger partial charge in [-0.1, -0.05) is 6.07 Å². The molecule has 0 aliphatic carbocycles. The first-order valence-corrected chi connectivity index (χ1v) is 6.91. The van der Waals surface area contributed by atoms with Crippen LogP contribution in [0.3, 0.4) is 0 Å². The highest BCUT2D eigenvalue weighted by molar-refractivity contribution is 5.66. The van der Waals surface area contributed by atoms with Crippen LogP contribution in [0, 0.1) is 0 Å². The molecule has 4 nitrogen and oxygen atoms in total. The summed E-state index contributed by atoms with van der Waals surface area (Å²) >= 11 is 0. The van der Waals surface area contributed by atoms with Crippen LogP contribution in [0.2, 0.25) is 0 Å². The molecule has 3 rings (SSSR count). The van der Waals surface area contributed by atoms with Crippen LogP contribution in [0.4, 0.5) is 22.7 Å². The summed E-state index contributed by atoms with van der Waals surface area (Å²) in [5.74, 6) is 0.479. The first-order chi connectivity index (χ1) is 10.7. The third kappa shape index (κ3) is 3.49. The molecule has 0 aliphatic rings. The minimum Gasteiger partial charge on any atom is -0.508 e. The lowest BCUT2D eigenvalue weighted by atomic mass is 10.2. The lowest BCUT2D eigenvalue weighted by molar-refractivity contribution is 0.475. The Morgan fingerprint density at radius 1 is 0.500 bits per heavy atom. The first kappa shape index (κ1) is 13.8. The number of aromatic hydroxyl groups is 2. The summed E-state index contributed by atoms with van der Waals surface area (Å²) in [7, 11) is 0. The number of phenolic OH excluding ortho intramolecular Hbond substituents is 2. The predicted molar refractivity (Wildman–Crippen MR) is 89.2 cm³/mol. The fourth-order valence-electron chi connectivity index (χ4n) is 2.10. The Morgan fingerprint density at radius 2 is 1.00 bits per heavy atom. The number of hydrogen-bond acceptors (Lipinski definition) is 4. The van der Waals surface area contributed by atoms with Crippen LogP contribution in [0.15, 0.2) is 72.8 Å². The fraction of sp³-hybridized carbons (Fsp3) is 0. The van der Waals surface area contributed by atoms with Crippen molar-refractivity contribution < 1.29 is 10.2 Å². The Bertz CT molecular complexity index is 753. The Kier molecular flexibility index (Phi) is 3.83. The molecule has 0 radical (unpaired) electrons. The molecule has 0 unspecified atom stereocenters. The van der Waals surface area contributed by atoms with E-state index in [0.717, 1.165) is 22.7 Å². The Morgan fingerprint density at radius 3 is 1.55 bits per heavy atom. The van der Waals surface area contributed by atoms with Crippen molar-refractivity contribution in [2.24, 2.45) is 0 Å². The molecule has 3 aromatic rings. The number of rotatable bonds is 4. The maximum absolute atomic E-state index is 9.45. The molecule has 0 heterocycles. The van der Waals surface area contributed by atoms with Gasteiger partial charge in [-0.15, -0.1) is 0 Å². The molecule has 0 atom stereocenters. The number of hydrogen-bond donors (Lipinski definition) is 4. The molecule has 22 heavy (non-hydrogen) atoms. The normalized spacial score (nSPS) is 10.2. The quantitative estimate of drug-likeness (QED) is 0.531. The second-order valence-electron chi connectivity index (χ2n) is 4.92. The van der Waals surface area contributed by atoms with Crippen molar-refractivity contribution in [2.45, 2.75) is 0 Å². The van der Waals surface area contributed by atoms with Gasteiger partial charge in [0.25, 0.3) is 0 Å². The smallest absolute Gasteiger partial charge is 0.117 e. The fourth-order valence-corrected chi connectivity index (χ4v) is 2.10. The van der Waals surface area contributed by atoms with E-state index in [2.05, 4.69) is 10.6 Å². The van der Waals surface area contributed by atoms with Crippen molar-refractivity contribution in [1.29, 1.82) is 0 Å². The summed E-state index contributed by atoms with van der Waals surface area (Å²) in [5.41, 5.74) is 3.62. The highest BCUT2D eigenvalue weighted by atomic mass is 16.3. The SMILES string of the molecule is Oc1ccc(Nc2ccc(Nc3cccc(O)c3)cc2)cc1. The maximum atomic E-state index is 9.45. The van der Waals surface area contributed by atoms with E-state index in [1.54, 1.807) is 30.3 Å². The number of nitrogens with one attached hydrogen (secondary N) is 2. The van der Waals surface area contributed by atoms with Crippen LogP contribution in [0.1, 0.15) is 0 Å². The van der Waals surface area contributed by atoms with Crippen LogP contribution in [-0.2, 0) is 0 Å². The molecule has 110 valence electrons. The number of benzene rings is 3. The molecule has 3 aromatic carbocycles. The van der Waals surface area contributed by atoms with Gasteiger partial charge < -0.3 is 20.8 Å². The Balaban J connectivity index is 1.68. The van der Waals surface area contributed by atoms with E-state index in [9.17, 15) is 10.2 Å². The summed E-state index contributed by atoms with van der Waals surface area (Å²) in [6.45, 7) is 0. The van der Waals surface area contributed by atoms with Gasteiger partial charge in [-0.25, -0.2) is 0 Å². The second-order valence-corrected chi connectivity index (χ2v) is 4.92. The molecule has 4 N–H and O–H groups in total. The van der Waals surface area contributed by atoms with Gasteiger partial charge >= 0.3 is 0 Å². The van der Waals surface area contributed by atoms with Crippen LogP contribution >= 0.6 is 0 Å². The standard InChI is InChI=1S/C18H16N2O2/c21-17-10-8-15(9-11-17)19-13-4-6-14(7-5-13)20-16-2-1-3-18(22)12-16/h1-12,19-22H. The first-order valence-electron chi connectivity index (χ1n) is 6.91. The molecule has 0 saturated heterocycles. The topological polar surface area (TPSA) is 64.5 Å². The van der Waals surface area contributed by atoms with Gasteiger partial charge in [-0.3, -0.25) is 0 Å². The van der Waals surface area contributed by atoms with Crippen molar-refractivity contribution in [2.75, 3.05) is 10.6 Å². The molecule has 0 aromatic heterocycles. The Hall–Kier alpha value is -3.14. The molecule has 4 heteroatoms. The van der Waals surface area contributed by atoms with E-state index in [1.807, 2.05) is 42.5 Å². The average Bonchev–Trinajstić information content (AvgIpc) is 2.52. The summed E-state index contributed by atoms with van der Waals surface area (Å²) in [4.78, 5) is 0. The molecule has 0 aliphatic heterocycles. The van der Waals surface area contributed by atoms with Crippen molar-refractivity contribution >= 4 is 22.7 Å². The largest absolute Gasteiger partial charge is 0.508 e. The monoisotopic (exact) mass is 292 g/mol. The van der Waals surface area contributed by atoms with Crippen molar-refractivity contribution in [3.63, 3.8) is 0 Å². The van der Waals surface area contributed by atoms with E-state index in [0.29, 0.717) is 0 Å². The number of anilines is 4. The summed E-state index contributed by atoms with van der Waals surface area (Å²) in [6.07, 6.45) is 0. The third-order valence-corrected chi connectivity index (χ3v) is 3.18. The zero-order chi connectivity index (χ0) is 15.4. The highest BCUT2D eigenvalue weighted by Crippen LogP contribution is 2.24. The van der Waals surface area contributed by atoms with Crippen LogP contribution in [-0.4, -0.2) is 10.2 Å².